The summed E-state index contributed by atoms with van der Waals surface area (Å²) in [6.07, 6.45) is 0. The van der Waals surface area contributed by atoms with Gasteiger partial charge in [0, 0.05) is 0 Å². The molecule has 1 aromatic heterocycles. The number of esters is 1. The van der Waals surface area contributed by atoms with Crippen LogP contribution in [0.4, 0.5) is 0 Å². The first-order valence-electron chi connectivity index (χ1n) is 6.59. The van der Waals surface area contributed by atoms with Gasteiger partial charge in [-0.15, -0.1) is 0 Å². The number of aromatic nitrogens is 1. The normalized spacial score (nSPS) is 10.5. The van der Waals surface area contributed by atoms with Gasteiger partial charge in [0.25, 0.3) is 0 Å². The standard InChI is InChI=1S/C15H16ClNO4/c1-4-20-11-6-7-12(21-5-2)14-13(11)9(16)8-10(17-14)15(18)19-3/h6-8H,4-5H2,1-3H3. The molecule has 1 heterocycles. The second-order valence-electron chi connectivity index (χ2n) is 4.13. The van der Waals surface area contributed by atoms with Crippen LogP contribution in [-0.2, 0) is 4.74 Å². The predicted octanol–water partition coefficient (Wildman–Crippen LogP) is 3.47. The van der Waals surface area contributed by atoms with Crippen molar-refractivity contribution in [3.8, 4) is 11.5 Å². The van der Waals surface area contributed by atoms with Gasteiger partial charge in [-0.2, -0.15) is 0 Å². The number of hydrogen-bond donors (Lipinski definition) is 0. The van der Waals surface area contributed by atoms with Crippen molar-refractivity contribution in [3.05, 3.63) is 28.9 Å². The van der Waals surface area contributed by atoms with Gasteiger partial charge in [-0.3, -0.25) is 0 Å². The maximum absolute atomic E-state index is 11.7. The highest BCUT2D eigenvalue weighted by molar-refractivity contribution is 6.36. The van der Waals surface area contributed by atoms with E-state index in [-0.39, 0.29) is 5.69 Å². The Morgan fingerprint density at radius 3 is 2.43 bits per heavy atom. The molecule has 0 N–H and O–H groups in total. The molecule has 0 unspecified atom stereocenters. The van der Waals surface area contributed by atoms with Crippen LogP contribution in [0, 0.1) is 0 Å². The smallest absolute Gasteiger partial charge is 0.356 e. The number of carbonyl (C=O) groups is 1. The Morgan fingerprint density at radius 2 is 1.81 bits per heavy atom. The Balaban J connectivity index is 2.73. The van der Waals surface area contributed by atoms with Crippen LogP contribution in [0.1, 0.15) is 24.3 Å². The fourth-order valence-corrected chi connectivity index (χ4v) is 2.28. The van der Waals surface area contributed by atoms with Gasteiger partial charge in [0.2, 0.25) is 0 Å². The van der Waals surface area contributed by atoms with E-state index in [0.717, 1.165) is 0 Å². The third kappa shape index (κ3) is 3.03. The third-order valence-corrected chi connectivity index (χ3v) is 3.13. The number of fused-ring (bicyclic) bond motifs is 1. The Morgan fingerprint density at radius 1 is 1.19 bits per heavy atom. The molecule has 5 nitrogen and oxygen atoms in total. The van der Waals surface area contributed by atoms with E-state index in [2.05, 4.69) is 9.72 Å². The summed E-state index contributed by atoms with van der Waals surface area (Å²) < 4.78 is 15.8. The minimum Gasteiger partial charge on any atom is -0.493 e. The molecule has 1 aromatic carbocycles. The van der Waals surface area contributed by atoms with E-state index in [4.69, 9.17) is 21.1 Å². The zero-order valence-corrected chi connectivity index (χ0v) is 12.9. The molecule has 0 saturated carbocycles. The Bertz CT molecular complexity index is 672. The summed E-state index contributed by atoms with van der Waals surface area (Å²) in [5, 5.41) is 0.988. The molecule has 0 aliphatic rings. The summed E-state index contributed by atoms with van der Waals surface area (Å²) in [4.78, 5) is 16.0. The van der Waals surface area contributed by atoms with Crippen molar-refractivity contribution in [2.45, 2.75) is 13.8 Å². The van der Waals surface area contributed by atoms with Crippen LogP contribution < -0.4 is 9.47 Å². The molecule has 6 heteroatoms. The zero-order valence-electron chi connectivity index (χ0n) is 12.1. The Labute approximate surface area is 127 Å². The summed E-state index contributed by atoms with van der Waals surface area (Å²) in [6, 6.07) is 5.00. The molecule has 0 amide bonds. The van der Waals surface area contributed by atoms with E-state index in [1.807, 2.05) is 13.8 Å². The Kier molecular flexibility index (Phi) is 4.85. The number of nitrogens with zero attached hydrogens (tertiary/aromatic N) is 1. The predicted molar refractivity (Wildman–Crippen MR) is 80.4 cm³/mol. The van der Waals surface area contributed by atoms with E-state index in [1.54, 1.807) is 12.1 Å². The molecule has 112 valence electrons. The van der Waals surface area contributed by atoms with E-state index in [1.165, 1.54) is 13.2 Å². The number of rotatable bonds is 5. The molecular weight excluding hydrogens is 294 g/mol. The summed E-state index contributed by atoms with van der Waals surface area (Å²) in [6.45, 7) is 4.73. The number of pyridine rings is 1. The van der Waals surface area contributed by atoms with Crippen molar-refractivity contribution < 1.29 is 19.0 Å². The highest BCUT2D eigenvalue weighted by Crippen LogP contribution is 2.37. The number of halogens is 1. The lowest BCUT2D eigenvalue weighted by Crippen LogP contribution is -2.06. The SMILES string of the molecule is CCOc1ccc(OCC)c2c(Cl)cc(C(=O)OC)nc12. The first-order valence-corrected chi connectivity index (χ1v) is 6.97. The second-order valence-corrected chi connectivity index (χ2v) is 4.54. The van der Waals surface area contributed by atoms with Crippen molar-refractivity contribution in [1.29, 1.82) is 0 Å². The monoisotopic (exact) mass is 309 g/mol. The first-order chi connectivity index (χ1) is 10.1. The van der Waals surface area contributed by atoms with Gasteiger partial charge in [-0.25, -0.2) is 9.78 Å². The first kappa shape index (κ1) is 15.4. The average Bonchev–Trinajstić information content (AvgIpc) is 2.48. The molecule has 2 rings (SSSR count). The molecule has 0 saturated heterocycles. The zero-order chi connectivity index (χ0) is 15.4. The van der Waals surface area contributed by atoms with Crippen LogP contribution in [0.2, 0.25) is 5.02 Å². The molecule has 2 aromatic rings. The fourth-order valence-electron chi connectivity index (χ4n) is 2.00. The lowest BCUT2D eigenvalue weighted by molar-refractivity contribution is 0.0594. The average molecular weight is 310 g/mol. The minimum atomic E-state index is -0.553. The van der Waals surface area contributed by atoms with Crippen LogP contribution in [0.15, 0.2) is 18.2 Å². The van der Waals surface area contributed by atoms with Crippen LogP contribution in [0.5, 0.6) is 11.5 Å². The van der Waals surface area contributed by atoms with Crippen molar-refractivity contribution in [2.75, 3.05) is 20.3 Å². The molecule has 0 bridgehead atoms. The van der Waals surface area contributed by atoms with Crippen molar-refractivity contribution >= 4 is 28.5 Å². The molecular formula is C15H16ClNO4. The van der Waals surface area contributed by atoms with Crippen molar-refractivity contribution in [1.82, 2.24) is 4.98 Å². The van der Waals surface area contributed by atoms with Crippen LogP contribution in [-0.4, -0.2) is 31.3 Å². The second kappa shape index (κ2) is 6.63. The molecule has 0 spiro atoms. The topological polar surface area (TPSA) is 57.7 Å². The van der Waals surface area contributed by atoms with Gasteiger partial charge in [-0.1, -0.05) is 11.6 Å². The van der Waals surface area contributed by atoms with Gasteiger partial charge in [0.15, 0.2) is 5.69 Å². The molecule has 21 heavy (non-hydrogen) atoms. The highest BCUT2D eigenvalue weighted by Gasteiger charge is 2.17. The van der Waals surface area contributed by atoms with Gasteiger partial charge in [0.05, 0.1) is 30.7 Å². The van der Waals surface area contributed by atoms with E-state index in [9.17, 15) is 4.79 Å². The van der Waals surface area contributed by atoms with E-state index < -0.39 is 5.97 Å². The molecule has 0 radical (unpaired) electrons. The van der Waals surface area contributed by atoms with Crippen molar-refractivity contribution in [3.63, 3.8) is 0 Å². The number of ether oxygens (including phenoxy) is 3. The summed E-state index contributed by atoms with van der Waals surface area (Å²) >= 11 is 6.29. The minimum absolute atomic E-state index is 0.129. The van der Waals surface area contributed by atoms with E-state index in [0.29, 0.717) is 40.6 Å². The summed E-state index contributed by atoms with van der Waals surface area (Å²) in [5.74, 6) is 0.594. The number of methoxy groups -OCH3 is 1. The molecule has 0 atom stereocenters. The molecule has 0 aliphatic carbocycles. The lowest BCUT2D eigenvalue weighted by atomic mass is 10.1. The van der Waals surface area contributed by atoms with Crippen LogP contribution in [0.25, 0.3) is 10.9 Å². The largest absolute Gasteiger partial charge is 0.493 e. The van der Waals surface area contributed by atoms with Crippen LogP contribution >= 0.6 is 11.6 Å². The molecule has 0 aliphatic heterocycles. The lowest BCUT2D eigenvalue weighted by Gasteiger charge is -2.13. The molecule has 0 fully saturated rings. The number of benzene rings is 1. The Hall–Kier alpha value is -2.01. The number of hydrogen-bond acceptors (Lipinski definition) is 5. The van der Waals surface area contributed by atoms with Gasteiger partial charge in [-0.05, 0) is 32.0 Å². The van der Waals surface area contributed by atoms with Gasteiger partial charge >= 0.3 is 5.97 Å². The number of carbonyl (C=O) groups excluding carboxylic acids is 1. The quantitative estimate of drug-likeness (QED) is 0.791. The van der Waals surface area contributed by atoms with Gasteiger partial charge in [0.1, 0.15) is 17.0 Å². The summed E-state index contributed by atoms with van der Waals surface area (Å²) in [7, 11) is 1.29. The van der Waals surface area contributed by atoms with Gasteiger partial charge < -0.3 is 14.2 Å². The maximum Gasteiger partial charge on any atom is 0.356 e. The van der Waals surface area contributed by atoms with Crippen LogP contribution in [0.3, 0.4) is 0 Å². The maximum atomic E-state index is 11.7. The van der Waals surface area contributed by atoms with E-state index >= 15 is 0 Å². The summed E-state index contributed by atoms with van der Waals surface area (Å²) in [5.41, 5.74) is 0.611. The third-order valence-electron chi connectivity index (χ3n) is 2.83. The highest BCUT2D eigenvalue weighted by atomic mass is 35.5. The van der Waals surface area contributed by atoms with Crippen molar-refractivity contribution in [2.24, 2.45) is 0 Å². The fraction of sp³-hybridized carbons (Fsp3) is 0.333.